The molecule has 0 bridgehead atoms. The van der Waals surface area contributed by atoms with Gasteiger partial charge in [-0.15, -0.1) is 0 Å². The molecule has 1 aromatic rings. The Balaban J connectivity index is 1.74. The summed E-state index contributed by atoms with van der Waals surface area (Å²) >= 11 is 0. The van der Waals surface area contributed by atoms with E-state index in [2.05, 4.69) is 11.8 Å². The minimum Gasteiger partial charge on any atom is -0.423 e. The zero-order chi connectivity index (χ0) is 14.2. The summed E-state index contributed by atoms with van der Waals surface area (Å²) in [5.41, 5.74) is 1.05. The SMILES string of the molecule is CCCCCCCCCN1CC(=O)Oc2ccccc21. The summed E-state index contributed by atoms with van der Waals surface area (Å²) < 4.78 is 5.25. The summed E-state index contributed by atoms with van der Waals surface area (Å²) in [5.74, 6) is 0.554. The van der Waals surface area contributed by atoms with Crippen LogP contribution in [0.4, 0.5) is 5.69 Å². The van der Waals surface area contributed by atoms with Gasteiger partial charge in [0.1, 0.15) is 6.54 Å². The van der Waals surface area contributed by atoms with E-state index in [9.17, 15) is 4.79 Å². The van der Waals surface area contributed by atoms with Crippen LogP contribution in [-0.4, -0.2) is 19.1 Å². The number of unbranched alkanes of at least 4 members (excludes halogenated alkanes) is 6. The predicted octanol–water partition coefficient (Wildman–Crippen LogP) is 4.16. The molecule has 1 heterocycles. The molecule has 0 fully saturated rings. The van der Waals surface area contributed by atoms with Gasteiger partial charge in [-0.3, -0.25) is 0 Å². The maximum Gasteiger partial charge on any atom is 0.331 e. The first kappa shape index (κ1) is 14.9. The third-order valence-electron chi connectivity index (χ3n) is 3.78. The van der Waals surface area contributed by atoms with Crippen molar-refractivity contribution in [3.05, 3.63) is 24.3 Å². The van der Waals surface area contributed by atoms with E-state index in [0.29, 0.717) is 12.3 Å². The maximum atomic E-state index is 11.6. The van der Waals surface area contributed by atoms with Crippen LogP contribution in [-0.2, 0) is 4.79 Å². The number of carbonyl (C=O) groups is 1. The largest absolute Gasteiger partial charge is 0.423 e. The van der Waals surface area contributed by atoms with Crippen molar-refractivity contribution in [2.45, 2.75) is 51.9 Å². The Labute approximate surface area is 121 Å². The van der Waals surface area contributed by atoms with Crippen molar-refractivity contribution in [3.8, 4) is 5.75 Å². The number of hydrogen-bond donors (Lipinski definition) is 0. The smallest absolute Gasteiger partial charge is 0.331 e. The third kappa shape index (κ3) is 4.26. The molecule has 1 aliphatic rings. The second-order valence-electron chi connectivity index (χ2n) is 5.48. The van der Waals surface area contributed by atoms with E-state index in [1.165, 1.54) is 38.5 Å². The molecule has 0 aliphatic carbocycles. The number of benzene rings is 1. The van der Waals surface area contributed by atoms with Crippen LogP contribution in [0.3, 0.4) is 0 Å². The van der Waals surface area contributed by atoms with Gasteiger partial charge in [0.25, 0.3) is 0 Å². The molecule has 20 heavy (non-hydrogen) atoms. The van der Waals surface area contributed by atoms with Gasteiger partial charge in [0.05, 0.1) is 5.69 Å². The first-order valence-corrected chi connectivity index (χ1v) is 7.86. The fourth-order valence-electron chi connectivity index (χ4n) is 2.66. The van der Waals surface area contributed by atoms with Gasteiger partial charge in [0.15, 0.2) is 5.75 Å². The summed E-state index contributed by atoms with van der Waals surface area (Å²) in [5, 5.41) is 0. The monoisotopic (exact) mass is 275 g/mol. The molecule has 0 saturated carbocycles. The van der Waals surface area contributed by atoms with Crippen LogP contribution < -0.4 is 9.64 Å². The van der Waals surface area contributed by atoms with Crippen LogP contribution in [0, 0.1) is 0 Å². The van der Waals surface area contributed by atoms with Crippen molar-refractivity contribution in [2.75, 3.05) is 18.0 Å². The Kier molecular flexibility index (Phi) is 5.90. The lowest BCUT2D eigenvalue weighted by Gasteiger charge is -2.29. The van der Waals surface area contributed by atoms with Crippen molar-refractivity contribution < 1.29 is 9.53 Å². The summed E-state index contributed by atoms with van der Waals surface area (Å²) in [7, 11) is 0. The minimum atomic E-state index is -0.147. The average molecular weight is 275 g/mol. The Bertz CT molecular complexity index is 431. The fraction of sp³-hybridized carbons (Fsp3) is 0.588. The maximum absolute atomic E-state index is 11.6. The molecule has 2 rings (SSSR count). The molecule has 0 saturated heterocycles. The van der Waals surface area contributed by atoms with E-state index in [-0.39, 0.29) is 5.97 Å². The highest BCUT2D eigenvalue weighted by Gasteiger charge is 2.22. The molecule has 110 valence electrons. The van der Waals surface area contributed by atoms with E-state index in [1.54, 1.807) is 0 Å². The Hall–Kier alpha value is -1.51. The van der Waals surface area contributed by atoms with Crippen LogP contribution in [0.25, 0.3) is 0 Å². The zero-order valence-electron chi connectivity index (χ0n) is 12.4. The van der Waals surface area contributed by atoms with E-state index < -0.39 is 0 Å². The van der Waals surface area contributed by atoms with E-state index in [4.69, 9.17) is 4.74 Å². The first-order chi connectivity index (χ1) is 9.81. The summed E-state index contributed by atoms with van der Waals surface area (Å²) in [6.07, 6.45) is 9.05. The van der Waals surface area contributed by atoms with E-state index in [0.717, 1.165) is 18.7 Å². The predicted molar refractivity (Wildman–Crippen MR) is 82.3 cm³/mol. The average Bonchev–Trinajstić information content (AvgIpc) is 2.46. The number of para-hydroxylation sites is 2. The van der Waals surface area contributed by atoms with Crippen molar-refractivity contribution in [2.24, 2.45) is 0 Å². The summed E-state index contributed by atoms with van der Waals surface area (Å²) in [6.45, 7) is 3.57. The van der Waals surface area contributed by atoms with E-state index >= 15 is 0 Å². The Morgan fingerprint density at radius 2 is 1.75 bits per heavy atom. The van der Waals surface area contributed by atoms with Gasteiger partial charge in [-0.05, 0) is 18.6 Å². The number of fused-ring (bicyclic) bond motifs is 1. The van der Waals surface area contributed by atoms with Gasteiger partial charge in [-0.2, -0.15) is 0 Å². The highest BCUT2D eigenvalue weighted by atomic mass is 16.5. The normalized spacial score (nSPS) is 14.1. The number of rotatable bonds is 8. The number of nitrogens with zero attached hydrogens (tertiary/aromatic N) is 1. The molecule has 3 nitrogen and oxygen atoms in total. The van der Waals surface area contributed by atoms with Gasteiger partial charge in [0, 0.05) is 6.54 Å². The lowest BCUT2D eigenvalue weighted by molar-refractivity contribution is -0.133. The molecule has 0 spiro atoms. The van der Waals surface area contributed by atoms with Crippen LogP contribution in [0.15, 0.2) is 24.3 Å². The van der Waals surface area contributed by atoms with Gasteiger partial charge in [-0.25, -0.2) is 4.79 Å². The van der Waals surface area contributed by atoms with Gasteiger partial charge in [0.2, 0.25) is 0 Å². The Morgan fingerprint density at radius 3 is 2.55 bits per heavy atom. The number of esters is 1. The van der Waals surface area contributed by atoms with Crippen molar-refractivity contribution in [1.29, 1.82) is 0 Å². The van der Waals surface area contributed by atoms with Crippen LogP contribution in [0.5, 0.6) is 5.75 Å². The molecule has 0 atom stereocenters. The zero-order valence-corrected chi connectivity index (χ0v) is 12.4. The molecule has 0 amide bonds. The highest BCUT2D eigenvalue weighted by molar-refractivity contribution is 5.84. The number of carbonyl (C=O) groups excluding carboxylic acids is 1. The molecule has 0 N–H and O–H groups in total. The lowest BCUT2D eigenvalue weighted by atomic mass is 10.1. The molecular formula is C17H25NO2. The number of hydrogen-bond acceptors (Lipinski definition) is 3. The quantitative estimate of drug-likeness (QED) is 0.405. The minimum absolute atomic E-state index is 0.147. The molecule has 0 aromatic heterocycles. The highest BCUT2D eigenvalue weighted by Crippen LogP contribution is 2.31. The molecule has 0 radical (unpaired) electrons. The molecule has 1 aromatic carbocycles. The second-order valence-corrected chi connectivity index (χ2v) is 5.48. The topological polar surface area (TPSA) is 29.5 Å². The lowest BCUT2D eigenvalue weighted by Crippen LogP contribution is -2.37. The van der Waals surface area contributed by atoms with Gasteiger partial charge >= 0.3 is 5.97 Å². The standard InChI is InChI=1S/C17H25NO2/c1-2-3-4-5-6-7-10-13-18-14-17(19)20-16-12-9-8-11-15(16)18/h8-9,11-12H,2-7,10,13-14H2,1H3. The van der Waals surface area contributed by atoms with Crippen LogP contribution in [0.2, 0.25) is 0 Å². The van der Waals surface area contributed by atoms with Crippen molar-refractivity contribution >= 4 is 11.7 Å². The van der Waals surface area contributed by atoms with Crippen LogP contribution in [0.1, 0.15) is 51.9 Å². The van der Waals surface area contributed by atoms with Crippen molar-refractivity contribution in [3.63, 3.8) is 0 Å². The molecule has 3 heteroatoms. The number of ether oxygens (including phenoxy) is 1. The first-order valence-electron chi connectivity index (χ1n) is 7.86. The number of anilines is 1. The molecular weight excluding hydrogens is 250 g/mol. The van der Waals surface area contributed by atoms with Gasteiger partial charge in [-0.1, -0.05) is 57.6 Å². The van der Waals surface area contributed by atoms with Gasteiger partial charge < -0.3 is 9.64 Å². The molecule has 0 unspecified atom stereocenters. The Morgan fingerprint density at radius 1 is 1.05 bits per heavy atom. The van der Waals surface area contributed by atoms with Crippen LogP contribution >= 0.6 is 0 Å². The second kappa shape index (κ2) is 7.93. The van der Waals surface area contributed by atoms with E-state index in [1.807, 2.05) is 24.3 Å². The summed E-state index contributed by atoms with van der Waals surface area (Å²) in [4.78, 5) is 13.7. The molecule has 1 aliphatic heterocycles. The van der Waals surface area contributed by atoms with Crippen molar-refractivity contribution in [1.82, 2.24) is 0 Å². The summed E-state index contributed by atoms with van der Waals surface area (Å²) in [6, 6.07) is 7.80. The fourth-order valence-corrected chi connectivity index (χ4v) is 2.66. The third-order valence-corrected chi connectivity index (χ3v) is 3.78.